The van der Waals surface area contributed by atoms with Crippen LogP contribution in [0.25, 0.3) is 22.3 Å². The molecule has 0 bridgehead atoms. The second-order valence-corrected chi connectivity index (χ2v) is 17.5. The van der Waals surface area contributed by atoms with Gasteiger partial charge in [0, 0.05) is 52.6 Å². The summed E-state index contributed by atoms with van der Waals surface area (Å²) in [6, 6.07) is 29.2. The molecule has 4 aromatic carbocycles. The summed E-state index contributed by atoms with van der Waals surface area (Å²) in [7, 11) is 4.29. The van der Waals surface area contributed by atoms with Crippen molar-refractivity contribution in [2.75, 3.05) is 54.0 Å². The number of ether oxygens (including phenoxy) is 3. The molecule has 2 atom stereocenters. The van der Waals surface area contributed by atoms with E-state index in [1.807, 2.05) is 84.9 Å². The van der Waals surface area contributed by atoms with E-state index in [2.05, 4.69) is 22.8 Å². The Labute approximate surface area is 380 Å². The van der Waals surface area contributed by atoms with Gasteiger partial charge in [-0.15, -0.1) is 0 Å². The van der Waals surface area contributed by atoms with E-state index in [4.69, 9.17) is 14.2 Å². The van der Waals surface area contributed by atoms with Crippen LogP contribution in [0.1, 0.15) is 80.5 Å². The summed E-state index contributed by atoms with van der Waals surface area (Å²) in [5.74, 6) is -3.04. The predicted molar refractivity (Wildman–Crippen MR) is 244 cm³/mol. The monoisotopic (exact) mass is 889 g/mol. The molecule has 65 heavy (non-hydrogen) atoms. The molecule has 15 heteroatoms. The highest BCUT2D eigenvalue weighted by atomic mass is 16.6. The molecular formula is C50H59N5O10. The first-order valence-electron chi connectivity index (χ1n) is 21.9. The molecule has 344 valence electrons. The highest BCUT2D eigenvalue weighted by Crippen LogP contribution is 2.45. The van der Waals surface area contributed by atoms with E-state index in [1.54, 1.807) is 20.8 Å². The number of alkyl carbamates (subject to hydrolysis) is 2. The SMILES string of the molecule is CN(CCN(C)C(=O)[C@H](CC(=O)O)N(C)C(=O)[C@H](CCCCNC(=O)OCC1c2ccccc2-c2ccccc21)NC(=O)OCC1c2ccccc2-c2ccccc21)C(=O)OC(C)(C)C. The lowest BCUT2D eigenvalue weighted by Crippen LogP contribution is -2.55. The van der Waals surface area contributed by atoms with Crippen molar-refractivity contribution in [3.05, 3.63) is 119 Å². The van der Waals surface area contributed by atoms with Crippen LogP contribution in [0.5, 0.6) is 0 Å². The number of benzene rings is 4. The van der Waals surface area contributed by atoms with Gasteiger partial charge in [0.05, 0.1) is 6.42 Å². The molecule has 15 nitrogen and oxygen atoms in total. The summed E-state index contributed by atoms with van der Waals surface area (Å²) in [6.45, 7) is 5.64. The van der Waals surface area contributed by atoms with Gasteiger partial charge in [-0.3, -0.25) is 14.4 Å². The molecule has 3 N–H and O–H groups in total. The van der Waals surface area contributed by atoms with Gasteiger partial charge in [-0.2, -0.15) is 0 Å². The second kappa shape index (κ2) is 21.2. The molecule has 2 aliphatic rings. The molecule has 0 heterocycles. The number of rotatable bonds is 18. The van der Waals surface area contributed by atoms with Crippen LogP contribution in [-0.4, -0.2) is 128 Å². The minimum absolute atomic E-state index is 0.0106. The molecule has 4 aromatic rings. The summed E-state index contributed by atoms with van der Waals surface area (Å²) in [5.41, 5.74) is 7.81. The third-order valence-corrected chi connectivity index (χ3v) is 11.8. The van der Waals surface area contributed by atoms with E-state index >= 15 is 0 Å². The number of carbonyl (C=O) groups excluding carboxylic acids is 5. The number of nitrogens with zero attached hydrogens (tertiary/aromatic N) is 3. The van der Waals surface area contributed by atoms with Crippen molar-refractivity contribution >= 4 is 36.1 Å². The van der Waals surface area contributed by atoms with Crippen LogP contribution in [0, 0.1) is 0 Å². The number of likely N-dealkylation sites (N-methyl/N-ethyl adjacent to an activating group) is 3. The summed E-state index contributed by atoms with van der Waals surface area (Å²) < 4.78 is 16.8. The maximum atomic E-state index is 14.3. The number of carboxylic acid groups (broad SMARTS) is 1. The number of fused-ring (bicyclic) bond motifs is 6. The zero-order valence-electron chi connectivity index (χ0n) is 37.9. The lowest BCUT2D eigenvalue weighted by atomic mass is 9.98. The molecule has 0 saturated heterocycles. The maximum absolute atomic E-state index is 14.3. The lowest BCUT2D eigenvalue weighted by Gasteiger charge is -2.33. The molecule has 0 spiro atoms. The summed E-state index contributed by atoms with van der Waals surface area (Å²) in [6.07, 6.45) is -1.95. The van der Waals surface area contributed by atoms with Gasteiger partial charge in [0.2, 0.25) is 11.8 Å². The number of hydrogen-bond acceptors (Lipinski definition) is 9. The van der Waals surface area contributed by atoms with Gasteiger partial charge in [-0.05, 0) is 84.5 Å². The zero-order chi connectivity index (χ0) is 46.8. The fraction of sp³-hybridized carbons (Fsp3) is 0.400. The van der Waals surface area contributed by atoms with Crippen LogP contribution in [0.3, 0.4) is 0 Å². The largest absolute Gasteiger partial charge is 0.481 e. The minimum atomic E-state index is -1.45. The van der Waals surface area contributed by atoms with E-state index in [-0.39, 0.29) is 51.1 Å². The van der Waals surface area contributed by atoms with Crippen LogP contribution >= 0.6 is 0 Å². The van der Waals surface area contributed by atoms with Crippen molar-refractivity contribution in [2.45, 2.75) is 76.0 Å². The van der Waals surface area contributed by atoms with Gasteiger partial charge in [0.25, 0.3) is 0 Å². The quantitative estimate of drug-likeness (QED) is 0.0681. The average molecular weight is 890 g/mol. The highest BCUT2D eigenvalue weighted by molar-refractivity contribution is 5.93. The molecule has 0 unspecified atom stereocenters. The number of carbonyl (C=O) groups is 6. The van der Waals surface area contributed by atoms with E-state index in [9.17, 15) is 33.9 Å². The first kappa shape index (κ1) is 47.6. The topological polar surface area (TPSA) is 184 Å². The Balaban J connectivity index is 1.08. The first-order chi connectivity index (χ1) is 31.0. The summed E-state index contributed by atoms with van der Waals surface area (Å²) in [4.78, 5) is 82.8. The number of amides is 5. The molecule has 2 aliphatic carbocycles. The molecule has 0 fully saturated rings. The Kier molecular flexibility index (Phi) is 15.5. The zero-order valence-corrected chi connectivity index (χ0v) is 37.9. The Morgan fingerprint density at radius 3 is 1.54 bits per heavy atom. The normalized spacial score (nSPS) is 13.5. The Bertz CT molecular complexity index is 2290. The van der Waals surface area contributed by atoms with Crippen LogP contribution < -0.4 is 10.6 Å². The van der Waals surface area contributed by atoms with Crippen molar-refractivity contribution in [3.63, 3.8) is 0 Å². The van der Waals surface area contributed by atoms with E-state index in [1.165, 1.54) is 30.9 Å². The van der Waals surface area contributed by atoms with Crippen LogP contribution in [-0.2, 0) is 28.6 Å². The maximum Gasteiger partial charge on any atom is 0.410 e. The summed E-state index contributed by atoms with van der Waals surface area (Å²) in [5, 5.41) is 15.3. The van der Waals surface area contributed by atoms with Crippen molar-refractivity contribution in [1.82, 2.24) is 25.3 Å². The fourth-order valence-corrected chi connectivity index (χ4v) is 8.40. The van der Waals surface area contributed by atoms with Crippen LogP contribution in [0.2, 0.25) is 0 Å². The first-order valence-corrected chi connectivity index (χ1v) is 21.9. The van der Waals surface area contributed by atoms with Gasteiger partial charge in [-0.25, -0.2) is 14.4 Å². The molecule has 0 aliphatic heterocycles. The molecule has 0 saturated carbocycles. The Morgan fingerprint density at radius 2 is 1.08 bits per heavy atom. The van der Waals surface area contributed by atoms with E-state index in [0.717, 1.165) is 49.4 Å². The number of nitrogens with one attached hydrogen (secondary N) is 2. The van der Waals surface area contributed by atoms with Crippen molar-refractivity contribution in [3.8, 4) is 22.3 Å². The molecular weight excluding hydrogens is 831 g/mol. The van der Waals surface area contributed by atoms with Crippen molar-refractivity contribution in [2.24, 2.45) is 0 Å². The smallest absolute Gasteiger partial charge is 0.410 e. The highest BCUT2D eigenvalue weighted by Gasteiger charge is 2.36. The van der Waals surface area contributed by atoms with E-state index in [0.29, 0.717) is 12.8 Å². The fourth-order valence-electron chi connectivity index (χ4n) is 8.40. The number of carboxylic acids is 1. The minimum Gasteiger partial charge on any atom is -0.481 e. The number of unbranched alkanes of at least 4 members (excludes halogenated alkanes) is 1. The third kappa shape index (κ3) is 11.8. The van der Waals surface area contributed by atoms with Gasteiger partial charge < -0.3 is 44.7 Å². The molecule has 0 radical (unpaired) electrons. The molecule has 5 amide bonds. The van der Waals surface area contributed by atoms with Gasteiger partial charge in [0.15, 0.2) is 0 Å². The predicted octanol–water partition coefficient (Wildman–Crippen LogP) is 7.23. The number of hydrogen-bond donors (Lipinski definition) is 3. The summed E-state index contributed by atoms with van der Waals surface area (Å²) >= 11 is 0. The lowest BCUT2D eigenvalue weighted by molar-refractivity contribution is -0.150. The van der Waals surface area contributed by atoms with Crippen LogP contribution in [0.15, 0.2) is 97.1 Å². The Morgan fingerprint density at radius 1 is 0.631 bits per heavy atom. The second-order valence-electron chi connectivity index (χ2n) is 17.5. The third-order valence-electron chi connectivity index (χ3n) is 11.8. The van der Waals surface area contributed by atoms with Crippen LogP contribution in [0.4, 0.5) is 14.4 Å². The van der Waals surface area contributed by atoms with Crippen molar-refractivity contribution < 1.29 is 48.1 Å². The Hall–Kier alpha value is -6.90. The molecule has 0 aromatic heterocycles. The number of aliphatic carboxylic acids is 1. The van der Waals surface area contributed by atoms with Gasteiger partial charge >= 0.3 is 24.2 Å². The average Bonchev–Trinajstić information content (AvgIpc) is 3.78. The van der Waals surface area contributed by atoms with E-state index < -0.39 is 60.2 Å². The standard InChI is InChI=1S/C50H59N5O10/c1-50(2,3)65-49(62)54(5)28-27-53(4)46(59)43(29-44(56)57)55(6)45(58)42(52-48(61)64-31-41-38-23-13-9-19-34(38)35-20-10-14-24-39(35)41)25-15-16-26-51-47(60)63-30-40-36-21-11-7-17-32(36)33-18-8-12-22-37(33)40/h7-14,17-24,40-43H,15-16,25-31H2,1-6H3,(H,51,60)(H,52,61)(H,56,57)/t42-,43-/m0/s1. The van der Waals surface area contributed by atoms with Gasteiger partial charge in [-0.1, -0.05) is 97.1 Å². The van der Waals surface area contributed by atoms with Gasteiger partial charge in [0.1, 0.15) is 30.9 Å². The van der Waals surface area contributed by atoms with Crippen molar-refractivity contribution in [1.29, 1.82) is 0 Å². The molecule has 6 rings (SSSR count).